The van der Waals surface area contributed by atoms with Gasteiger partial charge in [-0.25, -0.2) is 4.79 Å². The average molecular weight is 234 g/mol. The van der Waals surface area contributed by atoms with E-state index in [-0.39, 0.29) is 12.2 Å². The van der Waals surface area contributed by atoms with E-state index in [2.05, 4.69) is 4.98 Å². The molecule has 0 bridgehead atoms. The Hall–Kier alpha value is -1.58. The molecule has 2 heterocycles. The molecular formula is C13H18N2O2. The van der Waals surface area contributed by atoms with Crippen LogP contribution in [0.1, 0.15) is 38.0 Å². The molecule has 0 aliphatic carbocycles. The van der Waals surface area contributed by atoms with Gasteiger partial charge in [0.1, 0.15) is 6.10 Å². The van der Waals surface area contributed by atoms with Crippen LogP contribution in [0, 0.1) is 0 Å². The zero-order valence-corrected chi connectivity index (χ0v) is 10.1. The Morgan fingerprint density at radius 1 is 1.35 bits per heavy atom. The molecule has 4 heteroatoms. The number of amides is 1. The van der Waals surface area contributed by atoms with Crippen LogP contribution < -0.4 is 0 Å². The third kappa shape index (κ3) is 3.19. The molecule has 4 nitrogen and oxygen atoms in total. The van der Waals surface area contributed by atoms with Gasteiger partial charge in [-0.3, -0.25) is 4.98 Å². The zero-order valence-electron chi connectivity index (χ0n) is 10.1. The van der Waals surface area contributed by atoms with Crippen molar-refractivity contribution >= 4 is 6.09 Å². The van der Waals surface area contributed by atoms with E-state index in [9.17, 15) is 4.79 Å². The summed E-state index contributed by atoms with van der Waals surface area (Å²) in [6.45, 7) is 3.48. The van der Waals surface area contributed by atoms with Gasteiger partial charge in [0.05, 0.1) is 5.69 Å². The van der Waals surface area contributed by atoms with Crippen LogP contribution in [0.15, 0.2) is 24.4 Å². The fourth-order valence-electron chi connectivity index (χ4n) is 1.98. The van der Waals surface area contributed by atoms with Crippen LogP contribution in [0.5, 0.6) is 0 Å². The monoisotopic (exact) mass is 234 g/mol. The van der Waals surface area contributed by atoms with Crippen molar-refractivity contribution < 1.29 is 9.53 Å². The van der Waals surface area contributed by atoms with Gasteiger partial charge in [0, 0.05) is 19.3 Å². The second-order valence-corrected chi connectivity index (χ2v) is 4.33. The maximum absolute atomic E-state index is 11.9. The van der Waals surface area contributed by atoms with Gasteiger partial charge in [-0.2, -0.15) is 0 Å². The molecule has 0 aromatic carbocycles. The number of hydrogen-bond acceptors (Lipinski definition) is 3. The number of carbonyl (C=O) groups excluding carboxylic acids is 1. The molecule has 1 amide bonds. The minimum Gasteiger partial charge on any atom is -0.440 e. The normalized spacial score (nSPS) is 17.6. The van der Waals surface area contributed by atoms with Gasteiger partial charge in [-0.15, -0.1) is 0 Å². The largest absolute Gasteiger partial charge is 0.440 e. The Bertz CT molecular complexity index is 361. The van der Waals surface area contributed by atoms with E-state index in [4.69, 9.17) is 4.74 Å². The molecule has 1 saturated heterocycles. The SMILES string of the molecule is CC(OC(=O)N1CCCCC1)c1ccccn1. The molecule has 1 unspecified atom stereocenters. The minimum absolute atomic E-state index is 0.220. The Morgan fingerprint density at radius 2 is 2.12 bits per heavy atom. The van der Waals surface area contributed by atoms with Gasteiger partial charge in [-0.05, 0) is 38.3 Å². The molecule has 2 rings (SSSR count). The highest BCUT2D eigenvalue weighted by Gasteiger charge is 2.20. The van der Waals surface area contributed by atoms with E-state index in [0.717, 1.165) is 31.6 Å². The topological polar surface area (TPSA) is 42.4 Å². The van der Waals surface area contributed by atoms with Gasteiger partial charge in [0.15, 0.2) is 0 Å². The fraction of sp³-hybridized carbons (Fsp3) is 0.538. The van der Waals surface area contributed by atoms with Crippen molar-refractivity contribution in [2.45, 2.75) is 32.3 Å². The lowest BCUT2D eigenvalue weighted by Gasteiger charge is -2.27. The molecule has 0 N–H and O–H groups in total. The highest BCUT2D eigenvalue weighted by atomic mass is 16.6. The number of aromatic nitrogens is 1. The smallest absolute Gasteiger partial charge is 0.410 e. The van der Waals surface area contributed by atoms with Crippen LogP contribution in [0.2, 0.25) is 0 Å². The minimum atomic E-state index is -0.286. The summed E-state index contributed by atoms with van der Waals surface area (Å²) in [6, 6.07) is 5.62. The number of ether oxygens (including phenoxy) is 1. The molecule has 1 aliphatic heterocycles. The van der Waals surface area contributed by atoms with Crippen LogP contribution in [0.4, 0.5) is 4.79 Å². The maximum atomic E-state index is 11.9. The Morgan fingerprint density at radius 3 is 2.76 bits per heavy atom. The summed E-state index contributed by atoms with van der Waals surface area (Å²) in [7, 11) is 0. The summed E-state index contributed by atoms with van der Waals surface area (Å²) in [4.78, 5) is 17.8. The lowest BCUT2D eigenvalue weighted by molar-refractivity contribution is 0.0627. The number of hydrogen-bond donors (Lipinski definition) is 0. The van der Waals surface area contributed by atoms with Crippen molar-refractivity contribution in [1.82, 2.24) is 9.88 Å². The molecule has 17 heavy (non-hydrogen) atoms. The Balaban J connectivity index is 1.89. The highest BCUT2D eigenvalue weighted by Crippen LogP contribution is 2.17. The van der Waals surface area contributed by atoms with Gasteiger partial charge in [-0.1, -0.05) is 6.07 Å². The molecule has 0 saturated carbocycles. The molecule has 1 aromatic heterocycles. The number of rotatable bonds is 2. The van der Waals surface area contributed by atoms with E-state index in [1.165, 1.54) is 6.42 Å². The van der Waals surface area contributed by atoms with Crippen molar-refractivity contribution in [3.05, 3.63) is 30.1 Å². The molecule has 1 aromatic rings. The summed E-state index contributed by atoms with van der Waals surface area (Å²) < 4.78 is 5.40. The van der Waals surface area contributed by atoms with E-state index in [1.54, 1.807) is 11.1 Å². The third-order valence-electron chi connectivity index (χ3n) is 3.00. The van der Waals surface area contributed by atoms with Crippen LogP contribution in [0.3, 0.4) is 0 Å². The summed E-state index contributed by atoms with van der Waals surface area (Å²) in [5.74, 6) is 0. The number of likely N-dealkylation sites (tertiary alicyclic amines) is 1. The lowest BCUT2D eigenvalue weighted by Crippen LogP contribution is -2.36. The van der Waals surface area contributed by atoms with Crippen LogP contribution in [-0.2, 0) is 4.74 Å². The van der Waals surface area contributed by atoms with Crippen molar-refractivity contribution in [3.8, 4) is 0 Å². The first-order valence-electron chi connectivity index (χ1n) is 6.14. The van der Waals surface area contributed by atoms with Crippen LogP contribution in [0.25, 0.3) is 0 Å². The molecule has 0 radical (unpaired) electrons. The standard InChI is InChI=1S/C13H18N2O2/c1-11(12-7-3-4-8-14-12)17-13(16)15-9-5-2-6-10-15/h3-4,7-8,11H,2,5-6,9-10H2,1H3. The van der Waals surface area contributed by atoms with Gasteiger partial charge >= 0.3 is 6.09 Å². The van der Waals surface area contributed by atoms with Crippen LogP contribution >= 0.6 is 0 Å². The van der Waals surface area contributed by atoms with Crippen molar-refractivity contribution in [2.24, 2.45) is 0 Å². The second-order valence-electron chi connectivity index (χ2n) is 4.33. The van der Waals surface area contributed by atoms with Crippen molar-refractivity contribution in [1.29, 1.82) is 0 Å². The Kier molecular flexibility index (Phi) is 3.96. The third-order valence-corrected chi connectivity index (χ3v) is 3.00. The second kappa shape index (κ2) is 5.66. The average Bonchev–Trinajstić information content (AvgIpc) is 2.40. The summed E-state index contributed by atoms with van der Waals surface area (Å²) >= 11 is 0. The number of piperidine rings is 1. The summed E-state index contributed by atoms with van der Waals surface area (Å²) in [5.41, 5.74) is 0.790. The predicted molar refractivity (Wildman–Crippen MR) is 64.6 cm³/mol. The number of carbonyl (C=O) groups is 1. The van der Waals surface area contributed by atoms with E-state index >= 15 is 0 Å². The van der Waals surface area contributed by atoms with Crippen LogP contribution in [-0.4, -0.2) is 29.1 Å². The number of nitrogens with zero attached hydrogens (tertiary/aromatic N) is 2. The predicted octanol–water partition coefficient (Wildman–Crippen LogP) is 2.77. The molecule has 92 valence electrons. The van der Waals surface area contributed by atoms with Gasteiger partial charge < -0.3 is 9.64 Å². The lowest BCUT2D eigenvalue weighted by atomic mass is 10.1. The summed E-state index contributed by atoms with van der Waals surface area (Å²) in [6.07, 6.45) is 4.56. The Labute approximate surface area is 102 Å². The van der Waals surface area contributed by atoms with Gasteiger partial charge in [0.2, 0.25) is 0 Å². The maximum Gasteiger partial charge on any atom is 0.410 e. The van der Waals surface area contributed by atoms with E-state index < -0.39 is 0 Å². The molecule has 1 atom stereocenters. The van der Waals surface area contributed by atoms with E-state index in [1.807, 2.05) is 25.1 Å². The van der Waals surface area contributed by atoms with E-state index in [0.29, 0.717) is 0 Å². The molecule has 1 aliphatic rings. The fourth-order valence-corrected chi connectivity index (χ4v) is 1.98. The quantitative estimate of drug-likeness (QED) is 0.790. The van der Waals surface area contributed by atoms with Gasteiger partial charge in [0.25, 0.3) is 0 Å². The van der Waals surface area contributed by atoms with Crippen molar-refractivity contribution in [3.63, 3.8) is 0 Å². The molecule has 1 fully saturated rings. The highest BCUT2D eigenvalue weighted by molar-refractivity contribution is 5.68. The molecule has 0 spiro atoms. The molecular weight excluding hydrogens is 216 g/mol. The summed E-state index contributed by atoms with van der Waals surface area (Å²) in [5, 5.41) is 0. The first-order chi connectivity index (χ1) is 8.27. The zero-order chi connectivity index (χ0) is 12.1. The van der Waals surface area contributed by atoms with Crippen molar-refractivity contribution in [2.75, 3.05) is 13.1 Å². The first kappa shape index (κ1) is 11.9. The number of pyridine rings is 1. The first-order valence-corrected chi connectivity index (χ1v) is 6.14.